The molecule has 2 aliphatic rings. The van der Waals surface area contributed by atoms with E-state index in [0.29, 0.717) is 6.61 Å². The smallest absolute Gasteiger partial charge is 0.309 e. The van der Waals surface area contributed by atoms with Gasteiger partial charge in [-0.2, -0.15) is 0 Å². The second kappa shape index (κ2) is 7.97. The molecule has 2 fully saturated rings. The van der Waals surface area contributed by atoms with Crippen LogP contribution in [0.25, 0.3) is 0 Å². The minimum atomic E-state index is -0.643. The Morgan fingerprint density at radius 3 is 2.60 bits per heavy atom. The lowest BCUT2D eigenvalue weighted by molar-refractivity contribution is -0.186. The Morgan fingerprint density at radius 2 is 1.88 bits per heavy atom. The van der Waals surface area contributed by atoms with Crippen molar-refractivity contribution in [3.8, 4) is 0 Å². The van der Waals surface area contributed by atoms with Gasteiger partial charge in [0.1, 0.15) is 6.10 Å². The first-order valence-corrected chi connectivity index (χ1v) is 9.03. The van der Waals surface area contributed by atoms with Crippen molar-refractivity contribution in [1.82, 2.24) is 10.6 Å². The Morgan fingerprint density at radius 1 is 1.16 bits per heavy atom. The molecule has 1 aromatic rings. The van der Waals surface area contributed by atoms with Gasteiger partial charge in [0.15, 0.2) is 5.79 Å². The first-order valence-electron chi connectivity index (χ1n) is 9.03. The van der Waals surface area contributed by atoms with Gasteiger partial charge >= 0.3 is 11.8 Å². The maximum Gasteiger partial charge on any atom is 0.309 e. The molecule has 2 amide bonds. The number of carbonyl (C=O) groups is 2. The fourth-order valence-corrected chi connectivity index (χ4v) is 3.44. The van der Waals surface area contributed by atoms with Crippen LogP contribution in [-0.2, 0) is 19.1 Å². The third-order valence-electron chi connectivity index (χ3n) is 4.87. The molecule has 3 rings (SSSR count). The van der Waals surface area contributed by atoms with Crippen molar-refractivity contribution in [3.05, 3.63) is 35.9 Å². The zero-order chi connectivity index (χ0) is 17.7. The summed E-state index contributed by atoms with van der Waals surface area (Å²) in [6.45, 7) is 2.59. The topological polar surface area (TPSA) is 76.7 Å². The number of amides is 2. The van der Waals surface area contributed by atoms with Crippen molar-refractivity contribution >= 4 is 11.8 Å². The SMILES string of the molecule is C[C@@H](NC(=O)C(=O)NC[C@H]1COC2(CCCCC2)O1)c1ccccc1. The molecular formula is C19H26N2O4. The maximum atomic E-state index is 12.0. The molecule has 1 heterocycles. The van der Waals surface area contributed by atoms with Crippen LogP contribution in [0.1, 0.15) is 50.6 Å². The molecule has 0 bridgehead atoms. The highest BCUT2D eigenvalue weighted by Crippen LogP contribution is 2.37. The molecule has 0 unspecified atom stereocenters. The van der Waals surface area contributed by atoms with Crippen molar-refractivity contribution in [2.45, 2.75) is 57.0 Å². The Balaban J connectivity index is 1.42. The van der Waals surface area contributed by atoms with Gasteiger partial charge in [-0.3, -0.25) is 9.59 Å². The van der Waals surface area contributed by atoms with Crippen LogP contribution < -0.4 is 10.6 Å². The Hall–Kier alpha value is -1.92. The summed E-state index contributed by atoms with van der Waals surface area (Å²) < 4.78 is 11.8. The monoisotopic (exact) mass is 346 g/mol. The summed E-state index contributed by atoms with van der Waals surface area (Å²) in [6, 6.07) is 9.31. The average molecular weight is 346 g/mol. The van der Waals surface area contributed by atoms with Crippen LogP contribution in [0.4, 0.5) is 0 Å². The van der Waals surface area contributed by atoms with Crippen LogP contribution in [0, 0.1) is 0 Å². The van der Waals surface area contributed by atoms with Gasteiger partial charge in [0.25, 0.3) is 0 Å². The highest BCUT2D eigenvalue weighted by atomic mass is 16.7. The molecule has 25 heavy (non-hydrogen) atoms. The van der Waals surface area contributed by atoms with Gasteiger partial charge in [0, 0.05) is 19.4 Å². The summed E-state index contributed by atoms with van der Waals surface area (Å²) >= 11 is 0. The van der Waals surface area contributed by atoms with Crippen molar-refractivity contribution in [2.24, 2.45) is 0 Å². The van der Waals surface area contributed by atoms with Crippen LogP contribution in [0.3, 0.4) is 0 Å². The number of hydrogen-bond donors (Lipinski definition) is 2. The summed E-state index contributed by atoms with van der Waals surface area (Å²) in [5.74, 6) is -1.74. The van der Waals surface area contributed by atoms with Crippen molar-refractivity contribution < 1.29 is 19.1 Å². The Kier molecular flexibility index (Phi) is 5.71. The van der Waals surface area contributed by atoms with Gasteiger partial charge in [-0.1, -0.05) is 36.8 Å². The van der Waals surface area contributed by atoms with Gasteiger partial charge in [-0.05, 0) is 25.3 Å². The van der Waals surface area contributed by atoms with Crippen LogP contribution in [-0.4, -0.2) is 36.9 Å². The van der Waals surface area contributed by atoms with E-state index in [4.69, 9.17) is 9.47 Å². The van der Waals surface area contributed by atoms with E-state index in [9.17, 15) is 9.59 Å². The number of hydrogen-bond acceptors (Lipinski definition) is 4. The molecule has 0 radical (unpaired) electrons. The van der Waals surface area contributed by atoms with E-state index in [1.165, 1.54) is 6.42 Å². The second-order valence-corrected chi connectivity index (χ2v) is 6.84. The standard InChI is InChI=1S/C19H26N2O4/c1-14(15-8-4-2-5-9-15)21-18(23)17(22)20-12-16-13-24-19(25-16)10-6-3-7-11-19/h2,4-5,8-9,14,16H,3,6-7,10-13H2,1H3,(H,20,22)(H,21,23)/t14-,16+/m1/s1. The first-order chi connectivity index (χ1) is 12.1. The summed E-state index contributed by atoms with van der Waals surface area (Å²) in [7, 11) is 0. The number of nitrogens with one attached hydrogen (secondary N) is 2. The third-order valence-corrected chi connectivity index (χ3v) is 4.87. The first kappa shape index (κ1) is 17.9. The van der Waals surface area contributed by atoms with E-state index in [0.717, 1.165) is 31.2 Å². The van der Waals surface area contributed by atoms with Crippen molar-refractivity contribution in [1.29, 1.82) is 0 Å². The largest absolute Gasteiger partial charge is 0.347 e. The molecule has 0 aromatic heterocycles. The van der Waals surface area contributed by atoms with E-state index < -0.39 is 17.6 Å². The lowest BCUT2D eigenvalue weighted by Crippen LogP contribution is -2.44. The normalized spacial score (nSPS) is 23.2. The van der Waals surface area contributed by atoms with Crippen molar-refractivity contribution in [3.63, 3.8) is 0 Å². The minimum absolute atomic E-state index is 0.193. The molecule has 6 nitrogen and oxygen atoms in total. The molecule has 1 saturated heterocycles. The van der Waals surface area contributed by atoms with E-state index in [-0.39, 0.29) is 18.7 Å². The summed E-state index contributed by atoms with van der Waals surface area (Å²) in [5.41, 5.74) is 0.954. The zero-order valence-electron chi connectivity index (χ0n) is 14.6. The van der Waals surface area contributed by atoms with Crippen LogP contribution >= 0.6 is 0 Å². The lowest BCUT2D eigenvalue weighted by atomic mass is 9.94. The van der Waals surface area contributed by atoms with Crippen LogP contribution in [0.5, 0.6) is 0 Å². The van der Waals surface area contributed by atoms with Gasteiger partial charge < -0.3 is 20.1 Å². The summed E-state index contributed by atoms with van der Waals surface area (Å²) in [5, 5.41) is 5.35. The van der Waals surface area contributed by atoms with Crippen molar-refractivity contribution in [2.75, 3.05) is 13.2 Å². The maximum absolute atomic E-state index is 12.0. The van der Waals surface area contributed by atoms with Crippen LogP contribution in [0.2, 0.25) is 0 Å². The Labute approximate surface area is 148 Å². The second-order valence-electron chi connectivity index (χ2n) is 6.84. The number of benzene rings is 1. The van der Waals surface area contributed by atoms with E-state index >= 15 is 0 Å². The number of rotatable bonds is 4. The highest BCUT2D eigenvalue weighted by molar-refractivity contribution is 6.35. The van der Waals surface area contributed by atoms with E-state index in [2.05, 4.69) is 10.6 Å². The molecule has 1 aromatic carbocycles. The van der Waals surface area contributed by atoms with Gasteiger partial charge in [-0.25, -0.2) is 0 Å². The molecule has 6 heteroatoms. The molecule has 1 spiro atoms. The fourth-order valence-electron chi connectivity index (χ4n) is 3.44. The lowest BCUT2D eigenvalue weighted by Gasteiger charge is -2.31. The molecule has 2 N–H and O–H groups in total. The van der Waals surface area contributed by atoms with E-state index in [1.54, 1.807) is 0 Å². The van der Waals surface area contributed by atoms with Gasteiger partial charge in [0.2, 0.25) is 0 Å². The predicted molar refractivity (Wildman–Crippen MR) is 92.7 cm³/mol. The average Bonchev–Trinajstić information content (AvgIpc) is 3.03. The zero-order valence-corrected chi connectivity index (χ0v) is 14.6. The van der Waals surface area contributed by atoms with Gasteiger partial charge in [-0.15, -0.1) is 0 Å². The highest BCUT2D eigenvalue weighted by Gasteiger charge is 2.42. The van der Waals surface area contributed by atoms with Gasteiger partial charge in [0.05, 0.1) is 12.6 Å². The number of carbonyl (C=O) groups excluding carboxylic acids is 2. The van der Waals surface area contributed by atoms with Crippen LogP contribution in [0.15, 0.2) is 30.3 Å². The molecular weight excluding hydrogens is 320 g/mol. The summed E-state index contributed by atoms with van der Waals surface area (Å²) in [6.07, 6.45) is 5.06. The quantitative estimate of drug-likeness (QED) is 0.818. The predicted octanol–water partition coefficient (Wildman–Crippen LogP) is 2.06. The molecule has 136 valence electrons. The molecule has 2 atom stereocenters. The molecule has 1 aliphatic carbocycles. The summed E-state index contributed by atoms with van der Waals surface area (Å²) in [4.78, 5) is 24.0. The third kappa shape index (κ3) is 4.58. The molecule has 1 aliphatic heterocycles. The Bertz CT molecular complexity index is 599. The van der Waals surface area contributed by atoms with E-state index in [1.807, 2.05) is 37.3 Å². The molecule has 1 saturated carbocycles. The fraction of sp³-hybridized carbons (Fsp3) is 0.579. The minimum Gasteiger partial charge on any atom is -0.347 e. The number of ether oxygens (including phenoxy) is 2.